The number of rotatable bonds is 8. The van der Waals surface area contributed by atoms with Gasteiger partial charge in [-0.2, -0.15) is 9.40 Å². The van der Waals surface area contributed by atoms with Gasteiger partial charge in [-0.3, -0.25) is 9.69 Å². The van der Waals surface area contributed by atoms with Gasteiger partial charge in [-0.05, 0) is 63.2 Å². The number of hydrogen-bond donors (Lipinski definition) is 1. The second-order valence-electron chi connectivity index (χ2n) is 8.34. The number of benzene rings is 2. The molecule has 0 spiro atoms. The van der Waals surface area contributed by atoms with Crippen molar-refractivity contribution in [3.63, 3.8) is 0 Å². The Kier molecular flexibility index (Phi) is 6.92. The van der Waals surface area contributed by atoms with E-state index < -0.39 is 16.1 Å². The summed E-state index contributed by atoms with van der Waals surface area (Å²) in [6.07, 6.45) is 5.54. The third kappa shape index (κ3) is 5.32. The van der Waals surface area contributed by atoms with Gasteiger partial charge >= 0.3 is 0 Å². The summed E-state index contributed by atoms with van der Waals surface area (Å²) in [6, 6.07) is 15.8. The van der Waals surface area contributed by atoms with Crippen LogP contribution in [-0.4, -0.2) is 59.5 Å². The number of carbonyl (C=O) groups excluding carboxylic acids is 1. The molecule has 1 N–H and O–H groups in total. The SMILES string of the molecule is C[C@H](C(=O)Nc1ccc(S(=O)(=O)N2CCCC2)cc1)N(C)Cc1cnn(-c2ccccc2)c1. The van der Waals surface area contributed by atoms with Crippen LogP contribution in [0.1, 0.15) is 25.3 Å². The highest BCUT2D eigenvalue weighted by Gasteiger charge is 2.27. The highest BCUT2D eigenvalue weighted by Crippen LogP contribution is 2.22. The Hall–Kier alpha value is -3.01. The zero-order valence-electron chi connectivity index (χ0n) is 18.9. The van der Waals surface area contributed by atoms with Gasteiger partial charge in [0.25, 0.3) is 0 Å². The first-order valence-electron chi connectivity index (χ1n) is 11.0. The predicted molar refractivity (Wildman–Crippen MR) is 128 cm³/mol. The molecule has 4 rings (SSSR count). The van der Waals surface area contributed by atoms with Crippen LogP contribution in [0.3, 0.4) is 0 Å². The molecule has 8 nitrogen and oxygen atoms in total. The van der Waals surface area contributed by atoms with Crippen LogP contribution >= 0.6 is 0 Å². The molecule has 1 atom stereocenters. The van der Waals surface area contributed by atoms with Gasteiger partial charge in [0.15, 0.2) is 0 Å². The van der Waals surface area contributed by atoms with E-state index in [1.54, 1.807) is 30.5 Å². The van der Waals surface area contributed by atoms with Crippen molar-refractivity contribution in [2.24, 2.45) is 0 Å². The van der Waals surface area contributed by atoms with Crippen LogP contribution in [0.2, 0.25) is 0 Å². The van der Waals surface area contributed by atoms with Gasteiger partial charge in [0, 0.05) is 37.1 Å². The van der Waals surface area contributed by atoms with Crippen molar-refractivity contribution in [3.05, 3.63) is 72.6 Å². The van der Waals surface area contributed by atoms with E-state index in [0.717, 1.165) is 24.1 Å². The van der Waals surface area contributed by atoms with Gasteiger partial charge in [0.2, 0.25) is 15.9 Å². The molecule has 1 saturated heterocycles. The van der Waals surface area contributed by atoms with Crippen molar-refractivity contribution in [3.8, 4) is 5.69 Å². The van der Waals surface area contributed by atoms with Gasteiger partial charge < -0.3 is 5.32 Å². The second kappa shape index (κ2) is 9.86. The highest BCUT2D eigenvalue weighted by molar-refractivity contribution is 7.89. The van der Waals surface area contributed by atoms with Crippen molar-refractivity contribution < 1.29 is 13.2 Å². The first kappa shape index (κ1) is 23.2. The molecule has 1 aromatic heterocycles. The Morgan fingerprint density at radius 1 is 1.09 bits per heavy atom. The van der Waals surface area contributed by atoms with Gasteiger partial charge in [0.1, 0.15) is 0 Å². The molecule has 0 saturated carbocycles. The molecule has 2 aromatic carbocycles. The molecular formula is C24H29N5O3S. The Bertz CT molecular complexity index is 1190. The van der Waals surface area contributed by atoms with E-state index in [9.17, 15) is 13.2 Å². The number of nitrogens with zero attached hydrogens (tertiary/aromatic N) is 4. The Morgan fingerprint density at radius 3 is 2.42 bits per heavy atom. The Labute approximate surface area is 194 Å². The summed E-state index contributed by atoms with van der Waals surface area (Å²) in [5.74, 6) is -0.164. The molecule has 1 aliphatic rings. The first-order valence-corrected chi connectivity index (χ1v) is 12.5. The van der Waals surface area contributed by atoms with Gasteiger partial charge in [-0.1, -0.05) is 18.2 Å². The number of likely N-dealkylation sites (N-methyl/N-ethyl adjacent to an activating group) is 1. The monoisotopic (exact) mass is 467 g/mol. The summed E-state index contributed by atoms with van der Waals surface area (Å²) in [7, 11) is -1.58. The summed E-state index contributed by atoms with van der Waals surface area (Å²) >= 11 is 0. The maximum Gasteiger partial charge on any atom is 0.243 e. The van der Waals surface area contributed by atoms with Crippen molar-refractivity contribution >= 4 is 21.6 Å². The number of amides is 1. The lowest BCUT2D eigenvalue weighted by atomic mass is 10.2. The molecule has 1 amide bonds. The lowest BCUT2D eigenvalue weighted by Gasteiger charge is -2.23. The van der Waals surface area contributed by atoms with E-state index in [1.807, 2.05) is 60.1 Å². The van der Waals surface area contributed by atoms with Gasteiger partial charge in [-0.25, -0.2) is 13.1 Å². The summed E-state index contributed by atoms with van der Waals surface area (Å²) in [6.45, 7) is 3.53. The number of hydrogen-bond acceptors (Lipinski definition) is 5. The van der Waals surface area contributed by atoms with Crippen LogP contribution in [0.25, 0.3) is 5.69 Å². The van der Waals surface area contributed by atoms with Crippen LogP contribution in [0.5, 0.6) is 0 Å². The average Bonchev–Trinajstić information content (AvgIpc) is 3.52. The summed E-state index contributed by atoms with van der Waals surface area (Å²) < 4.78 is 28.6. The highest BCUT2D eigenvalue weighted by atomic mass is 32.2. The summed E-state index contributed by atoms with van der Waals surface area (Å²) in [4.78, 5) is 15.0. The number of para-hydroxylation sites is 1. The number of anilines is 1. The molecule has 1 aliphatic heterocycles. The largest absolute Gasteiger partial charge is 0.325 e. The third-order valence-corrected chi connectivity index (χ3v) is 7.87. The average molecular weight is 468 g/mol. The first-order chi connectivity index (χ1) is 15.8. The van der Waals surface area contributed by atoms with Crippen molar-refractivity contribution in [2.75, 3.05) is 25.5 Å². The molecule has 174 valence electrons. The minimum absolute atomic E-state index is 0.164. The van der Waals surface area contributed by atoms with Crippen LogP contribution in [-0.2, 0) is 21.4 Å². The van der Waals surface area contributed by atoms with Gasteiger partial charge in [0.05, 0.1) is 22.8 Å². The molecule has 1 fully saturated rings. The maximum atomic E-state index is 12.8. The van der Waals surface area contributed by atoms with Crippen LogP contribution in [0.4, 0.5) is 5.69 Å². The van der Waals surface area contributed by atoms with Gasteiger partial charge in [-0.15, -0.1) is 0 Å². The lowest BCUT2D eigenvalue weighted by molar-refractivity contribution is -0.120. The van der Waals surface area contributed by atoms with E-state index in [4.69, 9.17) is 0 Å². The van der Waals surface area contributed by atoms with Crippen molar-refractivity contribution in [2.45, 2.75) is 37.2 Å². The third-order valence-electron chi connectivity index (χ3n) is 5.95. The lowest BCUT2D eigenvalue weighted by Crippen LogP contribution is -2.39. The fraction of sp³-hybridized carbons (Fsp3) is 0.333. The number of sulfonamides is 1. The molecule has 9 heteroatoms. The van der Waals surface area contributed by atoms with Crippen molar-refractivity contribution in [1.82, 2.24) is 19.0 Å². The quantitative estimate of drug-likeness (QED) is 0.550. The fourth-order valence-corrected chi connectivity index (χ4v) is 5.34. The molecule has 2 heterocycles. The van der Waals surface area contributed by atoms with Crippen LogP contribution in [0, 0.1) is 0 Å². The molecular weight excluding hydrogens is 438 g/mol. The van der Waals surface area contributed by atoms with E-state index in [1.165, 1.54) is 4.31 Å². The van der Waals surface area contributed by atoms with E-state index in [0.29, 0.717) is 25.3 Å². The minimum atomic E-state index is -3.46. The zero-order chi connectivity index (χ0) is 23.4. The fourth-order valence-electron chi connectivity index (χ4n) is 3.82. The minimum Gasteiger partial charge on any atom is -0.325 e. The topological polar surface area (TPSA) is 87.5 Å². The van der Waals surface area contributed by atoms with Crippen LogP contribution < -0.4 is 5.32 Å². The maximum absolute atomic E-state index is 12.8. The Morgan fingerprint density at radius 2 is 1.76 bits per heavy atom. The molecule has 3 aromatic rings. The number of carbonyl (C=O) groups is 1. The normalized spacial score (nSPS) is 15.6. The van der Waals surface area contributed by atoms with Crippen LogP contribution in [0.15, 0.2) is 71.9 Å². The number of aromatic nitrogens is 2. The summed E-state index contributed by atoms with van der Waals surface area (Å²) in [5, 5.41) is 7.28. The van der Waals surface area contributed by atoms with E-state index in [-0.39, 0.29) is 10.8 Å². The van der Waals surface area contributed by atoms with E-state index >= 15 is 0 Å². The van der Waals surface area contributed by atoms with Crippen molar-refractivity contribution in [1.29, 1.82) is 0 Å². The summed E-state index contributed by atoms with van der Waals surface area (Å²) in [5.41, 5.74) is 2.54. The number of nitrogens with one attached hydrogen (secondary N) is 1. The smallest absolute Gasteiger partial charge is 0.243 e. The zero-order valence-corrected chi connectivity index (χ0v) is 19.7. The molecule has 33 heavy (non-hydrogen) atoms. The predicted octanol–water partition coefficient (Wildman–Crippen LogP) is 3.12. The second-order valence-corrected chi connectivity index (χ2v) is 10.3. The van der Waals surface area contributed by atoms with E-state index in [2.05, 4.69) is 10.4 Å². The standard InChI is InChI=1S/C24H29N5O3S/c1-19(27(2)17-20-16-25-29(18-20)22-8-4-3-5-9-22)24(30)26-21-10-12-23(13-11-21)33(31,32)28-14-6-7-15-28/h3-5,8-13,16,18-19H,6-7,14-15,17H2,1-2H3,(H,26,30)/t19-/m1/s1. The Balaban J connectivity index is 1.35. The molecule has 0 unspecified atom stereocenters. The molecule has 0 radical (unpaired) electrons. The molecule has 0 bridgehead atoms. The molecule has 0 aliphatic carbocycles.